The van der Waals surface area contributed by atoms with Gasteiger partial charge in [-0.05, 0) is 42.7 Å². The molecule has 0 unspecified atom stereocenters. The number of carbonyl (C=O) groups excluding carboxylic acids is 2. The average molecular weight is 392 g/mol. The lowest BCUT2D eigenvalue weighted by atomic mass is 9.78. The van der Waals surface area contributed by atoms with Crippen LogP contribution >= 0.6 is 0 Å². The van der Waals surface area contributed by atoms with Crippen molar-refractivity contribution in [3.63, 3.8) is 0 Å². The molecule has 1 aliphatic heterocycles. The third-order valence-corrected chi connectivity index (χ3v) is 6.40. The number of rotatable bonds is 5. The number of carbonyl (C=O) groups is 2. The molecule has 4 nitrogen and oxygen atoms in total. The zero-order chi connectivity index (χ0) is 20.1. The van der Waals surface area contributed by atoms with Crippen LogP contribution in [0.4, 0.5) is 0 Å². The summed E-state index contributed by atoms with van der Waals surface area (Å²) in [5, 5.41) is 0. The van der Waals surface area contributed by atoms with Crippen molar-refractivity contribution in [2.45, 2.75) is 50.5 Å². The molecule has 2 fully saturated rings. The summed E-state index contributed by atoms with van der Waals surface area (Å²) in [6, 6.07) is 19.6. The standard InChI is InChI=1S/C25H29NO3/c27-23(26-17-9-15-19-10-7-8-16-22(19)26)18-29-25(28)24(20-11-3-1-4-12-20)21-13-5-2-6-14-21/h1-6,11-14,19,22,24H,7-10,15-18H2/t19-,22-/m0/s1. The summed E-state index contributed by atoms with van der Waals surface area (Å²) in [5.74, 6) is -0.310. The molecule has 4 rings (SSSR count). The van der Waals surface area contributed by atoms with Gasteiger partial charge in [0.25, 0.3) is 5.91 Å². The van der Waals surface area contributed by atoms with Crippen LogP contribution in [0.3, 0.4) is 0 Å². The lowest BCUT2D eigenvalue weighted by Gasteiger charge is -2.44. The summed E-state index contributed by atoms with van der Waals surface area (Å²) in [7, 11) is 0. The second-order valence-corrected chi connectivity index (χ2v) is 8.20. The first-order valence-electron chi connectivity index (χ1n) is 10.8. The fourth-order valence-electron chi connectivity index (χ4n) is 4.99. The molecule has 2 atom stereocenters. The zero-order valence-corrected chi connectivity index (χ0v) is 16.8. The highest BCUT2D eigenvalue weighted by Crippen LogP contribution is 2.35. The van der Waals surface area contributed by atoms with E-state index in [9.17, 15) is 9.59 Å². The summed E-state index contributed by atoms with van der Waals surface area (Å²) < 4.78 is 5.58. The van der Waals surface area contributed by atoms with E-state index in [2.05, 4.69) is 0 Å². The van der Waals surface area contributed by atoms with Crippen LogP contribution in [0.15, 0.2) is 60.7 Å². The number of nitrogens with zero attached hydrogens (tertiary/aromatic N) is 1. The van der Waals surface area contributed by atoms with Gasteiger partial charge in [0.05, 0.1) is 0 Å². The van der Waals surface area contributed by atoms with Gasteiger partial charge in [0.2, 0.25) is 0 Å². The highest BCUT2D eigenvalue weighted by atomic mass is 16.5. The van der Waals surface area contributed by atoms with Gasteiger partial charge in [0, 0.05) is 12.6 Å². The second-order valence-electron chi connectivity index (χ2n) is 8.20. The van der Waals surface area contributed by atoms with Crippen molar-refractivity contribution < 1.29 is 14.3 Å². The van der Waals surface area contributed by atoms with Gasteiger partial charge in [-0.15, -0.1) is 0 Å². The van der Waals surface area contributed by atoms with Crippen molar-refractivity contribution in [3.8, 4) is 0 Å². The highest BCUT2D eigenvalue weighted by Gasteiger charge is 2.36. The van der Waals surface area contributed by atoms with Crippen LogP contribution in [0.25, 0.3) is 0 Å². The maximum absolute atomic E-state index is 13.0. The summed E-state index contributed by atoms with van der Waals surface area (Å²) in [4.78, 5) is 27.9. The highest BCUT2D eigenvalue weighted by molar-refractivity contribution is 5.86. The van der Waals surface area contributed by atoms with Gasteiger partial charge in [-0.25, -0.2) is 0 Å². The van der Waals surface area contributed by atoms with Crippen molar-refractivity contribution >= 4 is 11.9 Å². The smallest absolute Gasteiger partial charge is 0.318 e. The van der Waals surface area contributed by atoms with Gasteiger partial charge < -0.3 is 9.64 Å². The molecule has 1 saturated carbocycles. The summed E-state index contributed by atoms with van der Waals surface area (Å²) in [6.45, 7) is 0.622. The molecule has 2 aromatic rings. The Morgan fingerprint density at radius 1 is 0.862 bits per heavy atom. The third-order valence-electron chi connectivity index (χ3n) is 6.40. The Kier molecular flexibility index (Phi) is 6.28. The van der Waals surface area contributed by atoms with E-state index in [0.29, 0.717) is 12.0 Å². The molecule has 2 aromatic carbocycles. The van der Waals surface area contributed by atoms with Crippen LogP contribution in [0.5, 0.6) is 0 Å². The number of amides is 1. The van der Waals surface area contributed by atoms with E-state index in [0.717, 1.165) is 30.5 Å². The monoisotopic (exact) mass is 391 g/mol. The SMILES string of the molecule is O=C(OCC(=O)N1CCC[C@@H]2CCCC[C@@H]21)C(c1ccccc1)c1ccccc1. The maximum atomic E-state index is 13.0. The molecule has 1 saturated heterocycles. The number of fused-ring (bicyclic) bond motifs is 1. The van der Waals surface area contributed by atoms with Crippen LogP contribution in [-0.4, -0.2) is 36.0 Å². The van der Waals surface area contributed by atoms with E-state index < -0.39 is 5.92 Å². The molecule has 0 aromatic heterocycles. The van der Waals surface area contributed by atoms with E-state index in [1.807, 2.05) is 65.6 Å². The van der Waals surface area contributed by atoms with Gasteiger partial charge in [-0.3, -0.25) is 9.59 Å². The number of benzene rings is 2. The summed E-state index contributed by atoms with van der Waals surface area (Å²) in [6.07, 6.45) is 7.04. The van der Waals surface area contributed by atoms with Crippen LogP contribution in [0, 0.1) is 5.92 Å². The number of piperidine rings is 1. The predicted octanol–water partition coefficient (Wildman–Crippen LogP) is 4.54. The van der Waals surface area contributed by atoms with Gasteiger partial charge >= 0.3 is 5.97 Å². The third kappa shape index (κ3) is 4.52. The number of likely N-dealkylation sites (tertiary alicyclic amines) is 1. The molecule has 2 aliphatic rings. The minimum Gasteiger partial charge on any atom is -0.455 e. The number of ether oxygens (including phenoxy) is 1. The van der Waals surface area contributed by atoms with E-state index in [1.165, 1.54) is 25.7 Å². The molecule has 0 radical (unpaired) electrons. The Morgan fingerprint density at radius 3 is 2.10 bits per heavy atom. The Balaban J connectivity index is 1.45. The Bertz CT molecular complexity index is 779. The molecular formula is C25H29NO3. The molecule has 1 heterocycles. The number of hydrogen-bond donors (Lipinski definition) is 0. The second kappa shape index (κ2) is 9.25. The molecule has 1 amide bonds. The predicted molar refractivity (Wildman–Crippen MR) is 112 cm³/mol. The zero-order valence-electron chi connectivity index (χ0n) is 16.8. The van der Waals surface area contributed by atoms with Gasteiger partial charge in [-0.1, -0.05) is 73.5 Å². The molecule has 1 aliphatic carbocycles. The lowest BCUT2D eigenvalue weighted by molar-refractivity contribution is -0.155. The Labute approximate surface area is 172 Å². The fourth-order valence-corrected chi connectivity index (χ4v) is 4.99. The largest absolute Gasteiger partial charge is 0.455 e. The molecule has 4 heteroatoms. The number of esters is 1. The van der Waals surface area contributed by atoms with Gasteiger partial charge in [0.15, 0.2) is 6.61 Å². The molecule has 0 bridgehead atoms. The van der Waals surface area contributed by atoms with E-state index in [-0.39, 0.29) is 18.5 Å². The first kappa shape index (κ1) is 19.7. The first-order valence-corrected chi connectivity index (χ1v) is 10.8. The molecule has 152 valence electrons. The van der Waals surface area contributed by atoms with Crippen LogP contribution < -0.4 is 0 Å². The minimum atomic E-state index is -0.519. The lowest BCUT2D eigenvalue weighted by Crippen LogP contribution is -2.51. The average Bonchev–Trinajstić information content (AvgIpc) is 2.79. The minimum absolute atomic E-state index is 0.0465. The summed E-state index contributed by atoms with van der Waals surface area (Å²) >= 11 is 0. The molecule has 0 spiro atoms. The topological polar surface area (TPSA) is 46.6 Å². The van der Waals surface area contributed by atoms with Crippen LogP contribution in [0.2, 0.25) is 0 Å². The van der Waals surface area contributed by atoms with E-state index in [1.54, 1.807) is 0 Å². The maximum Gasteiger partial charge on any atom is 0.318 e. The Morgan fingerprint density at radius 2 is 1.45 bits per heavy atom. The van der Waals surface area contributed by atoms with Gasteiger partial charge in [-0.2, -0.15) is 0 Å². The molecule has 29 heavy (non-hydrogen) atoms. The first-order chi connectivity index (χ1) is 14.2. The quantitative estimate of drug-likeness (QED) is 0.703. The van der Waals surface area contributed by atoms with E-state index >= 15 is 0 Å². The molecular weight excluding hydrogens is 362 g/mol. The van der Waals surface area contributed by atoms with Crippen molar-refractivity contribution in [1.29, 1.82) is 0 Å². The van der Waals surface area contributed by atoms with Crippen molar-refractivity contribution in [1.82, 2.24) is 4.90 Å². The number of hydrogen-bond acceptors (Lipinski definition) is 3. The van der Waals surface area contributed by atoms with E-state index in [4.69, 9.17) is 4.74 Å². The normalized spacial score (nSPS) is 21.5. The van der Waals surface area contributed by atoms with Crippen molar-refractivity contribution in [3.05, 3.63) is 71.8 Å². The van der Waals surface area contributed by atoms with Crippen molar-refractivity contribution in [2.75, 3.05) is 13.2 Å². The fraction of sp³-hybridized carbons (Fsp3) is 0.440. The Hall–Kier alpha value is -2.62. The van der Waals surface area contributed by atoms with Gasteiger partial charge in [0.1, 0.15) is 5.92 Å². The van der Waals surface area contributed by atoms with Crippen molar-refractivity contribution in [2.24, 2.45) is 5.92 Å². The summed E-state index contributed by atoms with van der Waals surface area (Å²) in [5.41, 5.74) is 1.75. The van der Waals surface area contributed by atoms with Crippen LogP contribution in [-0.2, 0) is 14.3 Å². The molecule has 0 N–H and O–H groups in total. The van der Waals surface area contributed by atoms with Crippen LogP contribution in [0.1, 0.15) is 55.6 Å².